The Balaban J connectivity index is 0.00000256. The van der Waals surface area contributed by atoms with Crippen LogP contribution in [0.1, 0.15) is 13.3 Å². The van der Waals surface area contributed by atoms with E-state index in [-0.39, 0.29) is 18.3 Å². The van der Waals surface area contributed by atoms with Gasteiger partial charge in [0.1, 0.15) is 5.75 Å². The molecule has 0 bridgehead atoms. The Bertz CT molecular complexity index is 388. The number of nitrogens with two attached hydrogens (primary N) is 1. The van der Waals surface area contributed by atoms with Gasteiger partial charge in [0.25, 0.3) is 0 Å². The number of ether oxygens (including phenoxy) is 1. The summed E-state index contributed by atoms with van der Waals surface area (Å²) in [5.41, 5.74) is 6.29. The van der Waals surface area contributed by atoms with Gasteiger partial charge < -0.3 is 15.8 Å². The van der Waals surface area contributed by atoms with Crippen LogP contribution in [0.3, 0.4) is 0 Å². The van der Waals surface area contributed by atoms with Crippen LogP contribution in [0.25, 0.3) is 0 Å². The first-order valence-corrected chi connectivity index (χ1v) is 5.77. The topological polar surface area (TPSA) is 64.4 Å². The number of carbonyl (C=O) groups is 1. The highest BCUT2D eigenvalue weighted by Crippen LogP contribution is 2.27. The summed E-state index contributed by atoms with van der Waals surface area (Å²) in [6.45, 7) is 1.87. The van der Waals surface area contributed by atoms with Gasteiger partial charge >= 0.3 is 0 Å². The lowest BCUT2D eigenvalue weighted by Crippen LogP contribution is -2.34. The minimum Gasteiger partial charge on any atom is -0.497 e. The number of halogens is 2. The zero-order chi connectivity index (χ0) is 12.1. The number of nitrogens with one attached hydrogen (secondary N) is 1. The zero-order valence-electron chi connectivity index (χ0n) is 9.70. The number of anilines is 1. The maximum Gasteiger partial charge on any atom is 0.241 e. The van der Waals surface area contributed by atoms with Crippen molar-refractivity contribution < 1.29 is 9.53 Å². The first-order chi connectivity index (χ1) is 7.58. The highest BCUT2D eigenvalue weighted by Gasteiger charge is 2.12. The molecule has 0 aliphatic heterocycles. The summed E-state index contributed by atoms with van der Waals surface area (Å²) in [5, 5.41) is 2.74. The molecule has 0 aliphatic rings. The van der Waals surface area contributed by atoms with E-state index in [1.165, 1.54) is 0 Å². The third kappa shape index (κ3) is 4.53. The Morgan fingerprint density at radius 1 is 1.59 bits per heavy atom. The Morgan fingerprint density at radius 3 is 2.76 bits per heavy atom. The van der Waals surface area contributed by atoms with Crippen molar-refractivity contribution in [3.63, 3.8) is 0 Å². The first-order valence-electron chi connectivity index (χ1n) is 4.98. The molecule has 4 nitrogen and oxygen atoms in total. The second kappa shape index (κ2) is 7.53. The van der Waals surface area contributed by atoms with Crippen molar-refractivity contribution in [1.29, 1.82) is 0 Å². The molecule has 0 saturated heterocycles. The molecule has 3 N–H and O–H groups in total. The Labute approximate surface area is 115 Å². The summed E-state index contributed by atoms with van der Waals surface area (Å²) in [7, 11) is 1.58. The van der Waals surface area contributed by atoms with E-state index in [4.69, 9.17) is 10.5 Å². The molecule has 0 aromatic heterocycles. The van der Waals surface area contributed by atoms with E-state index >= 15 is 0 Å². The smallest absolute Gasteiger partial charge is 0.241 e. The molecular formula is C11H16BrClN2O2. The molecule has 0 fully saturated rings. The van der Waals surface area contributed by atoms with Crippen molar-refractivity contribution in [3.05, 3.63) is 22.7 Å². The second-order valence-electron chi connectivity index (χ2n) is 3.35. The number of amides is 1. The lowest BCUT2D eigenvalue weighted by Gasteiger charge is -2.12. The highest BCUT2D eigenvalue weighted by molar-refractivity contribution is 9.10. The normalized spacial score (nSPS) is 11.3. The fourth-order valence-electron chi connectivity index (χ4n) is 1.14. The van der Waals surface area contributed by atoms with Gasteiger partial charge in [-0.15, -0.1) is 12.4 Å². The fourth-order valence-corrected chi connectivity index (χ4v) is 1.48. The predicted octanol–water partition coefficient (Wildman–Crippen LogP) is 2.56. The van der Waals surface area contributed by atoms with Crippen molar-refractivity contribution in [2.24, 2.45) is 5.73 Å². The van der Waals surface area contributed by atoms with Crippen molar-refractivity contribution in [2.75, 3.05) is 12.4 Å². The van der Waals surface area contributed by atoms with E-state index in [9.17, 15) is 4.79 Å². The van der Waals surface area contributed by atoms with Crippen molar-refractivity contribution >= 4 is 39.9 Å². The van der Waals surface area contributed by atoms with E-state index in [1.807, 2.05) is 13.0 Å². The summed E-state index contributed by atoms with van der Waals surface area (Å²) >= 11 is 3.35. The van der Waals surface area contributed by atoms with E-state index < -0.39 is 6.04 Å². The minimum atomic E-state index is -0.488. The molecule has 0 aliphatic carbocycles. The monoisotopic (exact) mass is 322 g/mol. The predicted molar refractivity (Wildman–Crippen MR) is 74.8 cm³/mol. The summed E-state index contributed by atoms with van der Waals surface area (Å²) in [5.74, 6) is 0.486. The van der Waals surface area contributed by atoms with Crippen molar-refractivity contribution in [2.45, 2.75) is 19.4 Å². The van der Waals surface area contributed by atoms with E-state index in [2.05, 4.69) is 21.2 Å². The standard InChI is InChI=1S/C11H15BrN2O2.ClH/c1-3-9(13)11(15)14-10-6-7(16-2)4-5-8(10)12;/h4-6,9H,3,13H2,1-2H3,(H,14,15);1H/t9-;/m0./s1. The Hall–Kier alpha value is -0.780. The van der Waals surface area contributed by atoms with Gasteiger partial charge in [-0.05, 0) is 34.5 Å². The van der Waals surface area contributed by atoms with Gasteiger partial charge in [-0.25, -0.2) is 0 Å². The number of hydrogen-bond acceptors (Lipinski definition) is 3. The molecule has 1 atom stereocenters. The molecule has 1 amide bonds. The molecule has 0 unspecified atom stereocenters. The van der Waals surface area contributed by atoms with E-state index in [0.29, 0.717) is 17.9 Å². The zero-order valence-corrected chi connectivity index (χ0v) is 12.1. The number of methoxy groups -OCH3 is 1. The Morgan fingerprint density at radius 2 is 2.24 bits per heavy atom. The molecule has 6 heteroatoms. The van der Waals surface area contributed by atoms with Crippen molar-refractivity contribution in [3.8, 4) is 5.75 Å². The van der Waals surface area contributed by atoms with Gasteiger partial charge in [0.05, 0.1) is 18.8 Å². The molecule has 0 heterocycles. The summed E-state index contributed by atoms with van der Waals surface area (Å²) in [6, 6.07) is 4.87. The lowest BCUT2D eigenvalue weighted by molar-refractivity contribution is -0.117. The first kappa shape index (κ1) is 16.2. The van der Waals surface area contributed by atoms with Crippen LogP contribution >= 0.6 is 28.3 Å². The SMILES string of the molecule is CC[C@H](N)C(=O)Nc1cc(OC)ccc1Br.Cl. The maximum absolute atomic E-state index is 11.6. The summed E-state index contributed by atoms with van der Waals surface area (Å²) < 4.78 is 5.87. The van der Waals surface area contributed by atoms with Crippen LogP contribution in [-0.2, 0) is 4.79 Å². The molecule has 17 heavy (non-hydrogen) atoms. The summed E-state index contributed by atoms with van der Waals surface area (Å²) in [4.78, 5) is 11.6. The van der Waals surface area contributed by atoms with Gasteiger partial charge in [-0.2, -0.15) is 0 Å². The number of rotatable bonds is 4. The van der Waals surface area contributed by atoms with Crippen LogP contribution in [0.15, 0.2) is 22.7 Å². The Kier molecular flexibility index (Phi) is 7.18. The maximum atomic E-state index is 11.6. The van der Waals surface area contributed by atoms with Gasteiger partial charge in [-0.1, -0.05) is 6.92 Å². The van der Waals surface area contributed by atoms with Crippen LogP contribution in [0.4, 0.5) is 5.69 Å². The molecule has 0 saturated carbocycles. The average molecular weight is 324 g/mol. The van der Waals surface area contributed by atoms with Crippen LogP contribution < -0.4 is 15.8 Å². The molecular weight excluding hydrogens is 307 g/mol. The average Bonchev–Trinajstić information content (AvgIpc) is 2.30. The quantitative estimate of drug-likeness (QED) is 0.895. The third-order valence-corrected chi connectivity index (χ3v) is 2.90. The molecule has 1 rings (SSSR count). The number of benzene rings is 1. The fraction of sp³-hybridized carbons (Fsp3) is 0.364. The van der Waals surface area contributed by atoms with E-state index in [0.717, 1.165) is 4.47 Å². The lowest BCUT2D eigenvalue weighted by atomic mass is 10.2. The number of carbonyl (C=O) groups excluding carboxylic acids is 1. The molecule has 1 aromatic carbocycles. The summed E-state index contributed by atoms with van der Waals surface area (Å²) in [6.07, 6.45) is 0.605. The molecule has 96 valence electrons. The third-order valence-electron chi connectivity index (χ3n) is 2.21. The van der Waals surface area contributed by atoms with Gasteiger partial charge in [0, 0.05) is 10.5 Å². The highest BCUT2D eigenvalue weighted by atomic mass is 79.9. The molecule has 0 radical (unpaired) electrons. The number of hydrogen-bond donors (Lipinski definition) is 2. The van der Waals surface area contributed by atoms with Gasteiger partial charge in [-0.3, -0.25) is 4.79 Å². The van der Waals surface area contributed by atoms with Gasteiger partial charge in [0.15, 0.2) is 0 Å². The van der Waals surface area contributed by atoms with Gasteiger partial charge in [0.2, 0.25) is 5.91 Å². The second-order valence-corrected chi connectivity index (χ2v) is 4.20. The van der Waals surface area contributed by atoms with Crippen LogP contribution in [-0.4, -0.2) is 19.1 Å². The van der Waals surface area contributed by atoms with Crippen LogP contribution in [0.5, 0.6) is 5.75 Å². The largest absolute Gasteiger partial charge is 0.497 e. The molecule has 0 spiro atoms. The van der Waals surface area contributed by atoms with Crippen LogP contribution in [0, 0.1) is 0 Å². The molecule has 1 aromatic rings. The van der Waals surface area contributed by atoms with Crippen molar-refractivity contribution in [1.82, 2.24) is 0 Å². The van der Waals surface area contributed by atoms with E-state index in [1.54, 1.807) is 19.2 Å². The van der Waals surface area contributed by atoms with Crippen LogP contribution in [0.2, 0.25) is 0 Å². The minimum absolute atomic E-state index is 0.